The van der Waals surface area contributed by atoms with Crippen LogP contribution in [-0.4, -0.2) is 37.0 Å². The third-order valence-electron chi connectivity index (χ3n) is 4.89. The summed E-state index contributed by atoms with van der Waals surface area (Å²) in [6.45, 7) is 2.60. The molecule has 1 saturated heterocycles. The minimum atomic E-state index is -0.251. The number of benzene rings is 2. The fraction of sp³-hybridized carbons (Fsp3) is 0.182. The van der Waals surface area contributed by atoms with Crippen LogP contribution in [0.25, 0.3) is 5.70 Å². The smallest absolute Gasteiger partial charge is 0.267 e. The van der Waals surface area contributed by atoms with Crippen molar-refractivity contribution in [1.29, 1.82) is 5.26 Å². The molecular formula is C22H18Cl2N4OS. The summed E-state index contributed by atoms with van der Waals surface area (Å²) in [5.74, 6) is -0.251. The Kier molecular flexibility index (Phi) is 6.35. The zero-order valence-electron chi connectivity index (χ0n) is 15.9. The van der Waals surface area contributed by atoms with Gasteiger partial charge in [0.05, 0.1) is 10.7 Å². The van der Waals surface area contributed by atoms with Crippen LogP contribution in [0.3, 0.4) is 0 Å². The molecule has 0 bridgehead atoms. The number of hydrogen-bond donors (Lipinski definition) is 1. The molecule has 0 aromatic heterocycles. The molecule has 0 radical (unpaired) electrons. The second kappa shape index (κ2) is 9.15. The van der Waals surface area contributed by atoms with E-state index >= 15 is 0 Å². The van der Waals surface area contributed by atoms with E-state index in [9.17, 15) is 10.1 Å². The van der Waals surface area contributed by atoms with Gasteiger partial charge < -0.3 is 15.1 Å². The summed E-state index contributed by atoms with van der Waals surface area (Å²) in [6.07, 6.45) is 0. The van der Waals surface area contributed by atoms with Crippen molar-refractivity contribution in [2.24, 2.45) is 0 Å². The Bertz CT molecular complexity index is 1070. The van der Waals surface area contributed by atoms with Crippen LogP contribution in [0.5, 0.6) is 0 Å². The van der Waals surface area contributed by atoms with Crippen LogP contribution in [0, 0.1) is 11.3 Å². The molecule has 2 aromatic rings. The first kappa shape index (κ1) is 20.8. The van der Waals surface area contributed by atoms with Gasteiger partial charge in [0.2, 0.25) is 0 Å². The topological polar surface area (TPSA) is 59.4 Å². The maximum atomic E-state index is 13.2. The number of carbonyl (C=O) groups is 1. The molecule has 0 spiro atoms. The third-order valence-corrected chi connectivity index (χ3v) is 6.39. The van der Waals surface area contributed by atoms with Gasteiger partial charge in [-0.1, -0.05) is 53.2 Å². The number of rotatable bonds is 3. The molecule has 2 aliphatic heterocycles. The first-order chi connectivity index (χ1) is 14.6. The van der Waals surface area contributed by atoms with E-state index in [4.69, 9.17) is 23.2 Å². The van der Waals surface area contributed by atoms with Gasteiger partial charge in [-0.15, -0.1) is 0 Å². The molecule has 30 heavy (non-hydrogen) atoms. The van der Waals surface area contributed by atoms with Gasteiger partial charge in [-0.25, -0.2) is 0 Å². The lowest BCUT2D eigenvalue weighted by atomic mass is 10.1. The highest BCUT2D eigenvalue weighted by atomic mass is 35.5. The molecule has 0 aliphatic carbocycles. The number of para-hydroxylation sites is 1. The van der Waals surface area contributed by atoms with E-state index in [1.54, 1.807) is 17.0 Å². The van der Waals surface area contributed by atoms with Gasteiger partial charge in [0.15, 0.2) is 0 Å². The van der Waals surface area contributed by atoms with Gasteiger partial charge in [0.1, 0.15) is 16.7 Å². The highest BCUT2D eigenvalue weighted by Crippen LogP contribution is 2.46. The Labute approximate surface area is 189 Å². The normalized spacial score (nSPS) is 18.1. The summed E-state index contributed by atoms with van der Waals surface area (Å²) < 4.78 is 0. The number of carbonyl (C=O) groups excluding carboxylic acids is 1. The van der Waals surface area contributed by atoms with Gasteiger partial charge >= 0.3 is 0 Å². The summed E-state index contributed by atoms with van der Waals surface area (Å²) in [4.78, 5) is 16.8. The minimum Gasteiger partial charge on any atom is -0.335 e. The summed E-state index contributed by atoms with van der Waals surface area (Å²) in [5, 5.41) is 16.7. The maximum Gasteiger partial charge on any atom is 0.267 e. The Morgan fingerprint density at radius 1 is 1.10 bits per heavy atom. The quantitative estimate of drug-likeness (QED) is 0.534. The Morgan fingerprint density at radius 3 is 2.50 bits per heavy atom. The lowest BCUT2D eigenvalue weighted by molar-refractivity contribution is -0.127. The van der Waals surface area contributed by atoms with Gasteiger partial charge in [0.25, 0.3) is 5.91 Å². The average Bonchev–Trinajstić information content (AvgIpc) is 3.20. The summed E-state index contributed by atoms with van der Waals surface area (Å²) in [5.41, 5.74) is 2.54. The molecule has 2 heterocycles. The van der Waals surface area contributed by atoms with Crippen LogP contribution in [-0.2, 0) is 4.79 Å². The number of nitriles is 1. The molecule has 0 saturated carbocycles. The Hall–Kier alpha value is -2.43. The number of nitrogens with one attached hydrogen (secondary N) is 1. The molecular weight excluding hydrogens is 439 g/mol. The van der Waals surface area contributed by atoms with Crippen molar-refractivity contribution in [3.63, 3.8) is 0 Å². The SMILES string of the molecule is N#CC(C(=O)N1CCNCC1)=C1SC=C(c2ccc(Cl)cc2Cl)N1c1ccccc1. The lowest BCUT2D eigenvalue weighted by Crippen LogP contribution is -2.47. The van der Waals surface area contributed by atoms with E-state index < -0.39 is 0 Å². The number of amides is 1. The summed E-state index contributed by atoms with van der Waals surface area (Å²) in [6, 6.07) is 17.1. The van der Waals surface area contributed by atoms with Gasteiger partial charge in [-0.3, -0.25) is 4.79 Å². The lowest BCUT2D eigenvalue weighted by Gasteiger charge is -2.29. The van der Waals surface area contributed by atoms with Crippen molar-refractivity contribution in [2.45, 2.75) is 0 Å². The number of piperazine rings is 1. The van der Waals surface area contributed by atoms with E-state index in [0.29, 0.717) is 28.2 Å². The molecule has 152 valence electrons. The molecule has 0 atom stereocenters. The van der Waals surface area contributed by atoms with Crippen molar-refractivity contribution in [3.05, 3.63) is 80.1 Å². The predicted molar refractivity (Wildman–Crippen MR) is 123 cm³/mol. The van der Waals surface area contributed by atoms with E-state index in [1.807, 2.05) is 46.7 Å². The molecule has 1 N–H and O–H groups in total. The van der Waals surface area contributed by atoms with Crippen molar-refractivity contribution >= 4 is 52.3 Å². The van der Waals surface area contributed by atoms with Gasteiger partial charge in [-0.2, -0.15) is 5.26 Å². The molecule has 5 nitrogen and oxygen atoms in total. The van der Waals surface area contributed by atoms with Crippen LogP contribution in [0.2, 0.25) is 10.0 Å². The molecule has 4 rings (SSSR count). The number of anilines is 1. The molecule has 1 amide bonds. The van der Waals surface area contributed by atoms with E-state index in [0.717, 1.165) is 30.0 Å². The van der Waals surface area contributed by atoms with Crippen LogP contribution in [0.1, 0.15) is 5.56 Å². The molecule has 0 unspecified atom stereocenters. The predicted octanol–water partition coefficient (Wildman–Crippen LogP) is 4.71. The Morgan fingerprint density at radius 2 is 1.83 bits per heavy atom. The number of nitrogens with zero attached hydrogens (tertiary/aromatic N) is 3. The zero-order valence-corrected chi connectivity index (χ0v) is 18.3. The fourth-order valence-electron chi connectivity index (χ4n) is 3.42. The van der Waals surface area contributed by atoms with Crippen molar-refractivity contribution in [2.75, 3.05) is 31.1 Å². The molecule has 2 aliphatic rings. The number of thioether (sulfide) groups is 1. The second-order valence-electron chi connectivity index (χ2n) is 6.75. The van der Waals surface area contributed by atoms with Crippen LogP contribution in [0.4, 0.5) is 5.69 Å². The molecule has 2 aromatic carbocycles. The van der Waals surface area contributed by atoms with Crippen LogP contribution < -0.4 is 10.2 Å². The highest BCUT2D eigenvalue weighted by molar-refractivity contribution is 8.06. The average molecular weight is 457 g/mol. The fourth-order valence-corrected chi connectivity index (χ4v) is 4.95. The summed E-state index contributed by atoms with van der Waals surface area (Å²) in [7, 11) is 0. The van der Waals surface area contributed by atoms with E-state index in [1.165, 1.54) is 11.8 Å². The van der Waals surface area contributed by atoms with E-state index in [-0.39, 0.29) is 11.5 Å². The third kappa shape index (κ3) is 4.07. The van der Waals surface area contributed by atoms with Crippen LogP contribution in [0.15, 0.2) is 64.5 Å². The summed E-state index contributed by atoms with van der Waals surface area (Å²) >= 11 is 13.9. The van der Waals surface area contributed by atoms with Crippen molar-refractivity contribution in [3.8, 4) is 6.07 Å². The first-order valence-corrected chi connectivity index (χ1v) is 11.1. The zero-order chi connectivity index (χ0) is 21.1. The standard InChI is InChI=1S/C22H18Cl2N4OS/c23-15-6-7-17(19(24)12-15)20-14-30-22(28(20)16-4-2-1-3-5-16)18(13-25)21(29)27-10-8-26-9-11-27/h1-7,12,14,26H,8-11H2. The molecule has 8 heteroatoms. The first-order valence-electron chi connectivity index (χ1n) is 9.42. The highest BCUT2D eigenvalue weighted by Gasteiger charge is 2.32. The van der Waals surface area contributed by atoms with Gasteiger partial charge in [-0.05, 0) is 30.3 Å². The van der Waals surface area contributed by atoms with Crippen molar-refractivity contribution < 1.29 is 4.79 Å². The van der Waals surface area contributed by atoms with Crippen molar-refractivity contribution in [1.82, 2.24) is 10.2 Å². The molecule has 1 fully saturated rings. The second-order valence-corrected chi connectivity index (χ2v) is 8.45. The van der Waals surface area contributed by atoms with Gasteiger partial charge in [0, 0.05) is 47.9 Å². The number of hydrogen-bond acceptors (Lipinski definition) is 5. The minimum absolute atomic E-state index is 0.127. The maximum absolute atomic E-state index is 13.2. The largest absolute Gasteiger partial charge is 0.335 e. The monoisotopic (exact) mass is 456 g/mol. The Balaban J connectivity index is 1.80. The number of halogens is 2. The van der Waals surface area contributed by atoms with E-state index in [2.05, 4.69) is 11.4 Å². The van der Waals surface area contributed by atoms with Crippen LogP contribution >= 0.6 is 35.0 Å².